The molecule has 14 heteroatoms. The van der Waals surface area contributed by atoms with Gasteiger partial charge in [-0.1, -0.05) is 96.9 Å². The SMILES string of the molecule is CC1[C@@H]2OC(C)[C@@H](O[C@H]3OC(C)[C@@H](O[C@H]4OC(C)[C@@H](O[C@H]5OC(C)[C@@H](O[C@@H]6OC(C)[C@@H](O[C@H]7OC(C)[C@@H](O[C@H]8OC(C)[C@@H](O2)[C@H](C)C8C)[C@H](C)C7C)[C@H](C)C6C)[C@H](C)C5C)[C@H](C)C4C)[C@H](C)C3C)[C@@H]1C. The van der Waals surface area contributed by atoms with E-state index in [1.807, 2.05) is 0 Å². The van der Waals surface area contributed by atoms with Crippen LogP contribution in [0.1, 0.15) is 145 Å². The molecular formula is C56H98O14. The first-order valence-corrected chi connectivity index (χ1v) is 28.1. The Morgan fingerprint density at radius 3 is 0.329 bits per heavy atom. The molecular weight excluding hydrogens is 897 g/mol. The van der Waals surface area contributed by atoms with E-state index in [0.717, 1.165) is 0 Å². The van der Waals surface area contributed by atoms with Gasteiger partial charge in [0.25, 0.3) is 0 Å². The molecule has 21 fully saturated rings. The van der Waals surface area contributed by atoms with Crippen LogP contribution in [0.2, 0.25) is 0 Å². The predicted octanol–water partition coefficient (Wildman–Crippen LogP) is 9.82. The van der Waals surface area contributed by atoms with Gasteiger partial charge in [0, 0.05) is 41.4 Å². The second-order valence-corrected chi connectivity index (χ2v) is 24.7. The highest BCUT2D eigenvalue weighted by molar-refractivity contribution is 4.96. The van der Waals surface area contributed by atoms with Crippen molar-refractivity contribution in [2.24, 2.45) is 82.9 Å². The monoisotopic (exact) mass is 995 g/mol. The average molecular weight is 995 g/mol. The molecule has 0 aromatic heterocycles. The zero-order valence-electron chi connectivity index (χ0n) is 46.9. The van der Waals surface area contributed by atoms with Gasteiger partial charge in [-0.15, -0.1) is 0 Å². The summed E-state index contributed by atoms with van der Waals surface area (Å²) in [4.78, 5) is 0. The van der Waals surface area contributed by atoms with Crippen LogP contribution in [-0.4, -0.2) is 129 Å². The Kier molecular flexibility index (Phi) is 17.6. The molecule has 0 N–H and O–H groups in total. The zero-order chi connectivity index (χ0) is 51.1. The van der Waals surface area contributed by atoms with Crippen LogP contribution in [0, 0.1) is 82.9 Å². The van der Waals surface area contributed by atoms with E-state index in [4.69, 9.17) is 66.3 Å². The van der Waals surface area contributed by atoms with E-state index in [-0.39, 0.29) is 168 Å². The minimum atomic E-state index is -0.419. The lowest BCUT2D eigenvalue weighted by molar-refractivity contribution is -0.364. The molecule has 0 amide bonds. The Bertz CT molecular complexity index is 1360. The van der Waals surface area contributed by atoms with E-state index in [0.29, 0.717) is 0 Å². The van der Waals surface area contributed by atoms with E-state index >= 15 is 0 Å². The largest absolute Gasteiger partial charge is 0.347 e. The molecule has 70 heavy (non-hydrogen) atoms. The molecule has 406 valence electrons. The van der Waals surface area contributed by atoms with E-state index in [2.05, 4.69) is 145 Å². The van der Waals surface area contributed by atoms with Crippen molar-refractivity contribution >= 4 is 0 Å². The van der Waals surface area contributed by atoms with Gasteiger partial charge in [0.2, 0.25) is 0 Å². The standard InChI is InChI=1S/C56H98O14/c1-22-29(8)50-57-36(15)43(22)64-51-30(9)23(2)45(38(17)58-51)66-53-32(11)25(4)47(40(19)60-53)68-55-34(13)27(6)49(42(21)62-55)70-56-35(14)28(7)48(41(20)63-56)69-54-33(12)26(5)46(39(18)61-54)67-52-31(10)24(3)44(65-50)37(16)59-52/h22-56H,1-21H3/t22-,23-,24-,25-,26-,27-,28-,29?,30?,31?,32?,33?,34?,35?,36?,37?,38?,39?,40?,41?,42?,43+,44+,45+,46+,47+,48+,49+,50-,51-,52-,53-,54-,55-,56+/m1/s1. The Morgan fingerprint density at radius 2 is 0.229 bits per heavy atom. The third-order valence-electron chi connectivity index (χ3n) is 20.2. The normalized spacial score (nSPS) is 59.7. The quantitative estimate of drug-likeness (QED) is 0.228. The summed E-state index contributed by atoms with van der Waals surface area (Å²) in [5.41, 5.74) is 0. The summed E-state index contributed by atoms with van der Waals surface area (Å²) in [5, 5.41) is 0. The molecule has 14 nitrogen and oxygen atoms in total. The van der Waals surface area contributed by atoms with Crippen LogP contribution in [0.25, 0.3) is 0 Å². The number of hydrogen-bond donors (Lipinski definition) is 0. The second kappa shape index (κ2) is 22.2. The van der Waals surface area contributed by atoms with Crippen LogP contribution in [0.4, 0.5) is 0 Å². The number of ether oxygens (including phenoxy) is 14. The van der Waals surface area contributed by atoms with Crippen molar-refractivity contribution in [3.05, 3.63) is 0 Å². The van der Waals surface area contributed by atoms with Gasteiger partial charge in [-0.25, -0.2) is 0 Å². The first-order valence-electron chi connectivity index (χ1n) is 28.1. The maximum Gasteiger partial charge on any atom is 0.161 e. The lowest BCUT2D eigenvalue weighted by Crippen LogP contribution is -2.59. The van der Waals surface area contributed by atoms with Crippen molar-refractivity contribution in [3.63, 3.8) is 0 Å². The maximum atomic E-state index is 6.97. The first kappa shape index (κ1) is 55.7. The summed E-state index contributed by atoms with van der Waals surface area (Å²) in [5.74, 6) is 1.37. The molecule has 14 unspecified atom stereocenters. The molecule has 0 aromatic rings. The molecule has 0 spiro atoms. The average Bonchev–Trinajstić information content (AvgIpc) is 3.31. The molecule has 0 saturated carbocycles. The zero-order valence-corrected chi connectivity index (χ0v) is 46.9. The van der Waals surface area contributed by atoms with Crippen LogP contribution >= 0.6 is 0 Å². The van der Waals surface area contributed by atoms with Crippen LogP contribution in [-0.2, 0) is 66.3 Å². The molecule has 21 aliphatic rings. The lowest BCUT2D eigenvalue weighted by atomic mass is 9.81. The third kappa shape index (κ3) is 10.6. The Morgan fingerprint density at radius 1 is 0.129 bits per heavy atom. The Balaban J connectivity index is 1.02. The van der Waals surface area contributed by atoms with E-state index in [1.165, 1.54) is 0 Å². The molecule has 0 aliphatic carbocycles. The topological polar surface area (TPSA) is 129 Å². The second-order valence-electron chi connectivity index (χ2n) is 24.7. The fraction of sp³-hybridized carbons (Fsp3) is 1.00. The Hall–Kier alpha value is -0.560. The highest BCUT2D eigenvalue weighted by atomic mass is 16.8. The minimum Gasteiger partial charge on any atom is -0.347 e. The van der Waals surface area contributed by atoms with Crippen molar-refractivity contribution in [3.8, 4) is 0 Å². The molecule has 21 aliphatic heterocycles. The lowest BCUT2D eigenvalue weighted by Gasteiger charge is -2.51. The molecule has 35 atom stereocenters. The molecule has 21 rings (SSSR count). The summed E-state index contributed by atoms with van der Waals surface area (Å²) in [6, 6.07) is 0. The van der Waals surface area contributed by atoms with Crippen LogP contribution in [0.3, 0.4) is 0 Å². The number of rotatable bonds is 0. The van der Waals surface area contributed by atoms with Gasteiger partial charge in [0.05, 0.1) is 85.5 Å². The van der Waals surface area contributed by atoms with Gasteiger partial charge in [0.15, 0.2) is 44.0 Å². The van der Waals surface area contributed by atoms with Gasteiger partial charge < -0.3 is 66.3 Å². The van der Waals surface area contributed by atoms with Crippen LogP contribution < -0.4 is 0 Å². The minimum absolute atomic E-state index is 0.0576. The third-order valence-corrected chi connectivity index (χ3v) is 20.2. The van der Waals surface area contributed by atoms with Crippen molar-refractivity contribution in [1.82, 2.24) is 0 Å². The van der Waals surface area contributed by atoms with Crippen molar-refractivity contribution in [2.45, 2.75) is 275 Å². The van der Waals surface area contributed by atoms with Gasteiger partial charge in [-0.2, -0.15) is 0 Å². The van der Waals surface area contributed by atoms with Crippen molar-refractivity contribution in [2.75, 3.05) is 0 Å². The fourth-order valence-electron chi connectivity index (χ4n) is 13.5. The van der Waals surface area contributed by atoms with E-state index < -0.39 is 44.0 Å². The van der Waals surface area contributed by atoms with Crippen molar-refractivity contribution < 1.29 is 66.3 Å². The van der Waals surface area contributed by atoms with Crippen LogP contribution in [0.15, 0.2) is 0 Å². The predicted molar refractivity (Wildman–Crippen MR) is 263 cm³/mol. The van der Waals surface area contributed by atoms with E-state index in [9.17, 15) is 0 Å². The van der Waals surface area contributed by atoms with Crippen LogP contribution in [0.5, 0.6) is 0 Å². The maximum absolute atomic E-state index is 6.97. The van der Waals surface area contributed by atoms with Gasteiger partial charge in [-0.05, 0) is 89.9 Å². The van der Waals surface area contributed by atoms with Gasteiger partial charge in [0.1, 0.15) is 0 Å². The van der Waals surface area contributed by atoms with Gasteiger partial charge >= 0.3 is 0 Å². The highest BCUT2D eigenvalue weighted by Crippen LogP contribution is 2.46. The first-order chi connectivity index (χ1) is 32.9. The smallest absolute Gasteiger partial charge is 0.161 e. The summed E-state index contributed by atoms with van der Waals surface area (Å²) < 4.78 is 96.1. The van der Waals surface area contributed by atoms with Crippen molar-refractivity contribution in [1.29, 1.82) is 0 Å². The summed E-state index contributed by atoms with van der Waals surface area (Å²) in [7, 11) is 0. The number of hydrogen-bond acceptors (Lipinski definition) is 14. The van der Waals surface area contributed by atoms with E-state index in [1.54, 1.807) is 0 Å². The summed E-state index contributed by atoms with van der Waals surface area (Å²) >= 11 is 0. The summed E-state index contributed by atoms with van der Waals surface area (Å²) in [6.07, 6.45) is -5.78. The Labute approximate surface area is 422 Å². The molecule has 21 heterocycles. The molecule has 21 saturated heterocycles. The van der Waals surface area contributed by atoms with Gasteiger partial charge in [-0.3, -0.25) is 0 Å². The fourth-order valence-corrected chi connectivity index (χ4v) is 13.5. The molecule has 14 bridgehead atoms. The molecule has 0 aromatic carbocycles. The summed E-state index contributed by atoms with van der Waals surface area (Å²) in [6.45, 7) is 46.0. The molecule has 0 radical (unpaired) electrons. The highest BCUT2D eigenvalue weighted by Gasteiger charge is 2.54.